The summed E-state index contributed by atoms with van der Waals surface area (Å²) in [6.45, 7) is 1.67. The zero-order valence-electron chi connectivity index (χ0n) is 11.6. The highest BCUT2D eigenvalue weighted by Gasteiger charge is 2.18. The van der Waals surface area contributed by atoms with E-state index in [4.69, 9.17) is 5.73 Å². The van der Waals surface area contributed by atoms with Crippen LogP contribution >= 0.6 is 0 Å². The minimum atomic E-state index is -0.405. The Balaban J connectivity index is 2.02. The third kappa shape index (κ3) is 3.00. The highest BCUT2D eigenvalue weighted by atomic mass is 16.1. The number of anilines is 1. The minimum absolute atomic E-state index is 0.0745. The molecule has 1 aliphatic rings. The number of hydrogen-bond donors (Lipinski definition) is 3. The van der Waals surface area contributed by atoms with Gasteiger partial charge in [0.25, 0.3) is 0 Å². The van der Waals surface area contributed by atoms with E-state index < -0.39 is 5.91 Å². The second-order valence-corrected chi connectivity index (χ2v) is 4.93. The maximum Gasteiger partial charge on any atom is 0.236 e. The molecule has 2 aromatic rings. The van der Waals surface area contributed by atoms with E-state index in [-0.39, 0.29) is 6.54 Å². The van der Waals surface area contributed by atoms with Crippen molar-refractivity contribution in [2.24, 2.45) is 5.73 Å². The van der Waals surface area contributed by atoms with E-state index in [1.54, 1.807) is 0 Å². The number of amides is 1. The number of benzene rings is 1. The standard InChI is InChI=1S/C15H17N5O/c16-13(21)9-18-15-11-6-7-17-8-12(11)19-14(20-15)10-4-2-1-3-5-10/h1-5,17H,6-9H2,(H2,16,21)(H,18,19,20). The first kappa shape index (κ1) is 13.5. The Morgan fingerprint density at radius 3 is 2.86 bits per heavy atom. The van der Waals surface area contributed by atoms with Gasteiger partial charge in [0.05, 0.1) is 12.2 Å². The van der Waals surface area contributed by atoms with Gasteiger partial charge in [0, 0.05) is 17.7 Å². The summed E-state index contributed by atoms with van der Waals surface area (Å²) in [5.74, 6) is 0.960. The molecule has 3 rings (SSSR count). The molecule has 1 aliphatic heterocycles. The summed E-state index contributed by atoms with van der Waals surface area (Å²) in [7, 11) is 0. The van der Waals surface area contributed by atoms with Crippen LogP contribution < -0.4 is 16.4 Å². The van der Waals surface area contributed by atoms with Crippen LogP contribution in [0, 0.1) is 0 Å². The lowest BCUT2D eigenvalue weighted by Crippen LogP contribution is -2.28. The fourth-order valence-corrected chi connectivity index (χ4v) is 2.39. The topological polar surface area (TPSA) is 92.9 Å². The Kier molecular flexibility index (Phi) is 3.79. The van der Waals surface area contributed by atoms with Crippen LogP contribution in [0.1, 0.15) is 11.3 Å². The van der Waals surface area contributed by atoms with Crippen LogP contribution in [0.3, 0.4) is 0 Å². The first-order chi connectivity index (χ1) is 10.2. The van der Waals surface area contributed by atoms with E-state index in [9.17, 15) is 4.79 Å². The molecule has 1 aromatic carbocycles. The van der Waals surface area contributed by atoms with Crippen LogP contribution in [0.4, 0.5) is 5.82 Å². The SMILES string of the molecule is NC(=O)CNc1nc(-c2ccccc2)nc2c1CCNC2. The predicted molar refractivity (Wildman–Crippen MR) is 80.6 cm³/mol. The lowest BCUT2D eigenvalue weighted by molar-refractivity contribution is -0.116. The number of nitrogens with two attached hydrogens (primary N) is 1. The van der Waals surface area contributed by atoms with Gasteiger partial charge in [-0.15, -0.1) is 0 Å². The van der Waals surface area contributed by atoms with Gasteiger partial charge in [0.1, 0.15) is 5.82 Å². The zero-order valence-corrected chi connectivity index (χ0v) is 11.6. The summed E-state index contributed by atoms with van der Waals surface area (Å²) in [6.07, 6.45) is 0.839. The number of nitrogens with one attached hydrogen (secondary N) is 2. The monoisotopic (exact) mass is 283 g/mol. The molecule has 108 valence electrons. The van der Waals surface area contributed by atoms with Gasteiger partial charge in [-0.2, -0.15) is 0 Å². The van der Waals surface area contributed by atoms with Crippen molar-refractivity contribution in [1.82, 2.24) is 15.3 Å². The van der Waals surface area contributed by atoms with Gasteiger partial charge in [-0.3, -0.25) is 4.79 Å². The van der Waals surface area contributed by atoms with E-state index >= 15 is 0 Å². The fraction of sp³-hybridized carbons (Fsp3) is 0.267. The van der Waals surface area contributed by atoms with E-state index in [0.29, 0.717) is 18.2 Å². The highest BCUT2D eigenvalue weighted by molar-refractivity contribution is 5.79. The van der Waals surface area contributed by atoms with Crippen molar-refractivity contribution < 1.29 is 4.79 Å². The van der Waals surface area contributed by atoms with Crippen molar-refractivity contribution in [3.63, 3.8) is 0 Å². The molecular formula is C15H17N5O. The third-order valence-corrected chi connectivity index (χ3v) is 3.40. The van der Waals surface area contributed by atoms with Gasteiger partial charge in [0.2, 0.25) is 5.91 Å². The molecule has 0 unspecified atom stereocenters. The van der Waals surface area contributed by atoms with E-state index in [1.165, 1.54) is 0 Å². The Labute approximate surface area is 122 Å². The molecule has 6 heteroatoms. The number of primary amides is 1. The molecule has 0 fully saturated rings. The van der Waals surface area contributed by atoms with E-state index in [0.717, 1.165) is 29.8 Å². The van der Waals surface area contributed by atoms with Crippen LogP contribution in [0.5, 0.6) is 0 Å². The van der Waals surface area contributed by atoms with Gasteiger partial charge in [-0.05, 0) is 13.0 Å². The van der Waals surface area contributed by atoms with Crippen molar-refractivity contribution in [3.8, 4) is 11.4 Å². The van der Waals surface area contributed by atoms with Gasteiger partial charge < -0.3 is 16.4 Å². The number of fused-ring (bicyclic) bond motifs is 1. The Hall–Kier alpha value is -2.47. The molecule has 1 aromatic heterocycles. The zero-order chi connectivity index (χ0) is 14.7. The number of hydrogen-bond acceptors (Lipinski definition) is 5. The summed E-state index contributed by atoms with van der Waals surface area (Å²) in [5, 5.41) is 6.33. The van der Waals surface area contributed by atoms with Crippen LogP contribution in [-0.2, 0) is 17.8 Å². The van der Waals surface area contributed by atoms with Crippen molar-refractivity contribution in [2.75, 3.05) is 18.4 Å². The summed E-state index contributed by atoms with van der Waals surface area (Å²) in [6, 6.07) is 9.79. The average Bonchev–Trinajstić information content (AvgIpc) is 2.53. The summed E-state index contributed by atoms with van der Waals surface area (Å²) >= 11 is 0. The van der Waals surface area contributed by atoms with Crippen LogP contribution in [0.2, 0.25) is 0 Å². The van der Waals surface area contributed by atoms with Crippen LogP contribution in [0.25, 0.3) is 11.4 Å². The average molecular weight is 283 g/mol. The molecule has 6 nitrogen and oxygen atoms in total. The van der Waals surface area contributed by atoms with Crippen molar-refractivity contribution >= 4 is 11.7 Å². The summed E-state index contributed by atoms with van der Waals surface area (Å²) in [4.78, 5) is 20.2. The molecule has 0 bridgehead atoms. The smallest absolute Gasteiger partial charge is 0.236 e. The molecule has 1 amide bonds. The first-order valence-electron chi connectivity index (χ1n) is 6.92. The lowest BCUT2D eigenvalue weighted by Gasteiger charge is -2.20. The largest absolute Gasteiger partial charge is 0.368 e. The molecule has 0 saturated heterocycles. The molecule has 21 heavy (non-hydrogen) atoms. The number of rotatable bonds is 4. The normalized spacial score (nSPS) is 13.5. The van der Waals surface area contributed by atoms with Gasteiger partial charge >= 0.3 is 0 Å². The molecule has 0 saturated carbocycles. The molecule has 0 spiro atoms. The lowest BCUT2D eigenvalue weighted by atomic mass is 10.1. The number of carbonyl (C=O) groups is 1. The number of carbonyl (C=O) groups excluding carboxylic acids is 1. The molecular weight excluding hydrogens is 266 g/mol. The fourth-order valence-electron chi connectivity index (χ4n) is 2.39. The molecule has 0 atom stereocenters. The highest BCUT2D eigenvalue weighted by Crippen LogP contribution is 2.24. The van der Waals surface area contributed by atoms with Crippen molar-refractivity contribution in [1.29, 1.82) is 0 Å². The van der Waals surface area contributed by atoms with Gasteiger partial charge in [-0.25, -0.2) is 9.97 Å². The number of aromatic nitrogens is 2. The number of nitrogens with zero attached hydrogens (tertiary/aromatic N) is 2. The minimum Gasteiger partial charge on any atom is -0.368 e. The predicted octanol–water partition coefficient (Wildman–Crippen LogP) is 0.686. The second kappa shape index (κ2) is 5.88. The molecule has 0 radical (unpaired) electrons. The Bertz CT molecular complexity index is 657. The first-order valence-corrected chi connectivity index (χ1v) is 6.92. The van der Waals surface area contributed by atoms with Crippen LogP contribution in [0.15, 0.2) is 30.3 Å². The molecule has 2 heterocycles. The van der Waals surface area contributed by atoms with Crippen molar-refractivity contribution in [2.45, 2.75) is 13.0 Å². The maximum atomic E-state index is 11.0. The third-order valence-electron chi connectivity index (χ3n) is 3.40. The second-order valence-electron chi connectivity index (χ2n) is 4.93. The van der Waals surface area contributed by atoms with Gasteiger partial charge in [-0.1, -0.05) is 30.3 Å². The Morgan fingerprint density at radius 1 is 1.29 bits per heavy atom. The van der Waals surface area contributed by atoms with Gasteiger partial charge in [0.15, 0.2) is 5.82 Å². The van der Waals surface area contributed by atoms with E-state index in [1.807, 2.05) is 30.3 Å². The maximum absolute atomic E-state index is 11.0. The summed E-state index contributed by atoms with van der Waals surface area (Å²) < 4.78 is 0. The van der Waals surface area contributed by atoms with Crippen LogP contribution in [-0.4, -0.2) is 29.0 Å². The Morgan fingerprint density at radius 2 is 2.10 bits per heavy atom. The molecule has 0 aliphatic carbocycles. The quantitative estimate of drug-likeness (QED) is 0.767. The van der Waals surface area contributed by atoms with Crippen molar-refractivity contribution in [3.05, 3.63) is 41.6 Å². The summed E-state index contributed by atoms with van der Waals surface area (Å²) in [5.41, 5.74) is 8.20. The van der Waals surface area contributed by atoms with E-state index in [2.05, 4.69) is 20.6 Å². The molecule has 4 N–H and O–H groups in total.